The second-order valence-electron chi connectivity index (χ2n) is 3.53. The molecule has 3 N–H and O–H groups in total. The average Bonchev–Trinajstić information content (AvgIpc) is 2.22. The number of carbonyl (C=O) groups is 1. The van der Waals surface area contributed by atoms with Crippen LogP contribution in [0.3, 0.4) is 0 Å². The van der Waals surface area contributed by atoms with E-state index in [1.165, 1.54) is 7.11 Å². The third-order valence-corrected chi connectivity index (χ3v) is 2.38. The third-order valence-electron chi connectivity index (χ3n) is 2.07. The summed E-state index contributed by atoms with van der Waals surface area (Å²) in [5.74, 6) is -0.312. The molecule has 16 heavy (non-hydrogen) atoms. The van der Waals surface area contributed by atoms with Gasteiger partial charge >= 0.3 is 0 Å². The molecule has 4 nitrogen and oxygen atoms in total. The van der Waals surface area contributed by atoms with E-state index in [1.807, 2.05) is 13.0 Å². The molecule has 0 fully saturated rings. The Balaban J connectivity index is 2.69. The molecule has 0 radical (unpaired) electrons. The van der Waals surface area contributed by atoms with E-state index in [0.29, 0.717) is 10.7 Å². The van der Waals surface area contributed by atoms with Gasteiger partial charge in [-0.3, -0.25) is 4.79 Å². The van der Waals surface area contributed by atoms with E-state index in [-0.39, 0.29) is 12.5 Å². The van der Waals surface area contributed by atoms with Crippen molar-refractivity contribution in [2.75, 3.05) is 19.0 Å². The van der Waals surface area contributed by atoms with Crippen LogP contribution in [-0.4, -0.2) is 25.7 Å². The highest BCUT2D eigenvalue weighted by Crippen LogP contribution is 2.22. The van der Waals surface area contributed by atoms with Gasteiger partial charge in [-0.05, 0) is 24.6 Å². The Labute approximate surface area is 99.7 Å². The second kappa shape index (κ2) is 5.84. The number of carbonyl (C=O) groups excluding carboxylic acids is 1. The Bertz CT molecular complexity index is 382. The first-order valence-electron chi connectivity index (χ1n) is 4.86. The lowest BCUT2D eigenvalue weighted by Gasteiger charge is -2.12. The van der Waals surface area contributed by atoms with Crippen LogP contribution in [0.1, 0.15) is 5.56 Å². The maximum atomic E-state index is 11.6. The summed E-state index contributed by atoms with van der Waals surface area (Å²) in [6.07, 6.45) is 0. The van der Waals surface area contributed by atoms with E-state index in [0.717, 1.165) is 5.56 Å². The first-order valence-corrected chi connectivity index (χ1v) is 5.24. The molecule has 0 spiro atoms. The molecule has 5 heteroatoms. The Hall–Kier alpha value is -1.10. The van der Waals surface area contributed by atoms with Gasteiger partial charge in [0.05, 0.1) is 17.3 Å². The quantitative estimate of drug-likeness (QED) is 0.842. The Morgan fingerprint density at radius 2 is 2.31 bits per heavy atom. The minimum Gasteiger partial charge on any atom is -0.383 e. The zero-order valence-corrected chi connectivity index (χ0v) is 10.0. The molecule has 1 aromatic carbocycles. The molecule has 0 bridgehead atoms. The van der Waals surface area contributed by atoms with Gasteiger partial charge in [-0.2, -0.15) is 0 Å². The summed E-state index contributed by atoms with van der Waals surface area (Å²) in [6.45, 7) is 2.10. The predicted molar refractivity (Wildman–Crippen MR) is 64.7 cm³/mol. The van der Waals surface area contributed by atoms with Crippen LogP contribution in [0.25, 0.3) is 0 Å². The molecular formula is C11H15ClN2O2. The molecule has 1 amide bonds. The number of hydrogen-bond donors (Lipinski definition) is 2. The summed E-state index contributed by atoms with van der Waals surface area (Å²) in [7, 11) is 1.49. The van der Waals surface area contributed by atoms with E-state index < -0.39 is 6.04 Å². The summed E-state index contributed by atoms with van der Waals surface area (Å²) >= 11 is 5.97. The van der Waals surface area contributed by atoms with Crippen molar-refractivity contribution in [3.05, 3.63) is 28.8 Å². The van der Waals surface area contributed by atoms with E-state index >= 15 is 0 Å². The number of anilines is 1. The van der Waals surface area contributed by atoms with Gasteiger partial charge in [0, 0.05) is 7.11 Å². The highest BCUT2D eigenvalue weighted by atomic mass is 35.5. The van der Waals surface area contributed by atoms with Crippen molar-refractivity contribution in [1.82, 2.24) is 0 Å². The van der Waals surface area contributed by atoms with Crippen LogP contribution in [0.2, 0.25) is 5.02 Å². The van der Waals surface area contributed by atoms with Gasteiger partial charge in [0.25, 0.3) is 0 Å². The number of aryl methyl sites for hydroxylation is 1. The van der Waals surface area contributed by atoms with Crippen molar-refractivity contribution in [3.8, 4) is 0 Å². The topological polar surface area (TPSA) is 64.3 Å². The number of methoxy groups -OCH3 is 1. The molecular weight excluding hydrogens is 228 g/mol. The van der Waals surface area contributed by atoms with Crippen molar-refractivity contribution in [1.29, 1.82) is 0 Å². The number of nitrogens with one attached hydrogen (secondary N) is 1. The summed E-state index contributed by atoms with van der Waals surface area (Å²) in [5, 5.41) is 3.14. The highest BCUT2D eigenvalue weighted by molar-refractivity contribution is 6.33. The fourth-order valence-corrected chi connectivity index (χ4v) is 1.48. The maximum absolute atomic E-state index is 11.6. The van der Waals surface area contributed by atoms with Crippen LogP contribution in [0, 0.1) is 6.92 Å². The largest absolute Gasteiger partial charge is 0.383 e. The number of rotatable bonds is 4. The molecule has 0 saturated heterocycles. The lowest BCUT2D eigenvalue weighted by molar-refractivity contribution is -0.118. The normalized spacial score (nSPS) is 12.2. The summed E-state index contributed by atoms with van der Waals surface area (Å²) in [6, 6.07) is 4.69. The Kier molecular flexibility index (Phi) is 4.73. The van der Waals surface area contributed by atoms with Crippen molar-refractivity contribution in [2.24, 2.45) is 5.73 Å². The molecule has 0 saturated carbocycles. The molecule has 0 aliphatic rings. The van der Waals surface area contributed by atoms with Gasteiger partial charge in [0.1, 0.15) is 6.04 Å². The Morgan fingerprint density at radius 1 is 1.62 bits per heavy atom. The smallest absolute Gasteiger partial charge is 0.243 e. The van der Waals surface area contributed by atoms with Gasteiger partial charge in [-0.25, -0.2) is 0 Å². The Morgan fingerprint density at radius 3 is 2.88 bits per heavy atom. The summed E-state index contributed by atoms with van der Waals surface area (Å²) in [4.78, 5) is 11.6. The van der Waals surface area contributed by atoms with Gasteiger partial charge < -0.3 is 15.8 Å². The lowest BCUT2D eigenvalue weighted by Crippen LogP contribution is -2.39. The molecule has 1 atom stereocenters. The monoisotopic (exact) mass is 242 g/mol. The van der Waals surface area contributed by atoms with E-state index in [4.69, 9.17) is 22.1 Å². The zero-order valence-electron chi connectivity index (χ0n) is 9.29. The fraction of sp³-hybridized carbons (Fsp3) is 0.364. The molecule has 1 aromatic rings. The van der Waals surface area contributed by atoms with Crippen LogP contribution in [0.15, 0.2) is 18.2 Å². The molecule has 0 heterocycles. The number of amides is 1. The molecule has 1 unspecified atom stereocenters. The van der Waals surface area contributed by atoms with Gasteiger partial charge in [-0.1, -0.05) is 17.7 Å². The van der Waals surface area contributed by atoms with E-state index in [2.05, 4.69) is 5.32 Å². The fourth-order valence-electron chi connectivity index (χ4n) is 1.20. The van der Waals surface area contributed by atoms with Gasteiger partial charge in [-0.15, -0.1) is 0 Å². The van der Waals surface area contributed by atoms with Crippen LogP contribution < -0.4 is 11.1 Å². The molecule has 1 rings (SSSR count). The first kappa shape index (κ1) is 13.0. The van der Waals surface area contributed by atoms with Crippen LogP contribution in [0.4, 0.5) is 5.69 Å². The van der Waals surface area contributed by atoms with Crippen molar-refractivity contribution >= 4 is 23.2 Å². The minimum atomic E-state index is -0.692. The predicted octanol–water partition coefficient (Wildman–Crippen LogP) is 1.56. The van der Waals surface area contributed by atoms with E-state index in [9.17, 15) is 4.79 Å². The summed E-state index contributed by atoms with van der Waals surface area (Å²) < 4.78 is 4.79. The standard InChI is InChI=1S/C11H15ClN2O2/c1-7-3-4-10(8(12)5-7)14-11(15)9(13)6-16-2/h3-5,9H,6,13H2,1-2H3,(H,14,15). The third kappa shape index (κ3) is 3.48. The van der Waals surface area contributed by atoms with Gasteiger partial charge in [0.2, 0.25) is 5.91 Å². The number of hydrogen-bond acceptors (Lipinski definition) is 3. The van der Waals surface area contributed by atoms with Crippen molar-refractivity contribution in [2.45, 2.75) is 13.0 Å². The SMILES string of the molecule is COCC(N)C(=O)Nc1ccc(C)cc1Cl. The molecule has 88 valence electrons. The van der Waals surface area contributed by atoms with Crippen LogP contribution in [-0.2, 0) is 9.53 Å². The molecule has 0 aromatic heterocycles. The lowest BCUT2D eigenvalue weighted by atomic mass is 10.2. The van der Waals surface area contributed by atoms with E-state index in [1.54, 1.807) is 12.1 Å². The second-order valence-corrected chi connectivity index (χ2v) is 3.94. The summed E-state index contributed by atoms with van der Waals surface area (Å²) in [5.41, 5.74) is 7.17. The first-order chi connectivity index (χ1) is 7.54. The minimum absolute atomic E-state index is 0.176. The number of halogens is 1. The van der Waals surface area contributed by atoms with Crippen molar-refractivity contribution < 1.29 is 9.53 Å². The van der Waals surface area contributed by atoms with Crippen LogP contribution in [0.5, 0.6) is 0 Å². The highest BCUT2D eigenvalue weighted by Gasteiger charge is 2.14. The van der Waals surface area contributed by atoms with Crippen molar-refractivity contribution in [3.63, 3.8) is 0 Å². The number of benzene rings is 1. The molecule has 0 aliphatic heterocycles. The van der Waals surface area contributed by atoms with Gasteiger partial charge in [0.15, 0.2) is 0 Å². The number of ether oxygens (including phenoxy) is 1. The number of nitrogens with two attached hydrogens (primary N) is 1. The maximum Gasteiger partial charge on any atom is 0.243 e. The zero-order chi connectivity index (χ0) is 12.1. The average molecular weight is 243 g/mol. The van der Waals surface area contributed by atoms with Crippen LogP contribution >= 0.6 is 11.6 Å². The molecule has 0 aliphatic carbocycles.